The van der Waals surface area contributed by atoms with E-state index in [1.807, 2.05) is 31.2 Å². The molecule has 35 heavy (non-hydrogen) atoms. The predicted octanol–water partition coefficient (Wildman–Crippen LogP) is 4.35. The van der Waals surface area contributed by atoms with Gasteiger partial charge in [0.2, 0.25) is 0 Å². The highest BCUT2D eigenvalue weighted by atomic mass is 127. The number of sulfonamides is 1. The van der Waals surface area contributed by atoms with E-state index in [0.717, 1.165) is 19.0 Å². The number of methoxy groups -OCH3 is 2. The zero-order chi connectivity index (χ0) is 25.6. The van der Waals surface area contributed by atoms with Crippen molar-refractivity contribution in [2.45, 2.75) is 18.7 Å². The fourth-order valence-electron chi connectivity index (χ4n) is 3.20. The van der Waals surface area contributed by atoms with Gasteiger partial charge in [-0.15, -0.1) is 0 Å². The number of nitrogens with one attached hydrogen (secondary N) is 1. The Morgan fingerprint density at radius 2 is 1.60 bits per heavy atom. The summed E-state index contributed by atoms with van der Waals surface area (Å²) < 4.78 is 39.8. The number of rotatable bonds is 9. The average Bonchev–Trinajstić information content (AvgIpc) is 2.86. The second-order valence-electron chi connectivity index (χ2n) is 7.60. The van der Waals surface area contributed by atoms with Gasteiger partial charge >= 0.3 is 0 Å². The molecule has 1 N–H and O–H groups in total. The molecule has 0 aliphatic heterocycles. The number of hydrogen-bond acceptors (Lipinski definition) is 6. The summed E-state index contributed by atoms with van der Waals surface area (Å²) in [6.45, 7) is 3.19. The molecular weight excluding hydrogens is 581 g/mol. The first-order chi connectivity index (χ1) is 16.6. The molecule has 3 rings (SSSR count). The Morgan fingerprint density at radius 1 is 0.971 bits per heavy atom. The van der Waals surface area contributed by atoms with Gasteiger partial charge in [0.05, 0.1) is 30.5 Å². The number of halogens is 1. The Kier molecular flexibility index (Phi) is 8.73. The normalized spacial score (nSPS) is 11.6. The number of carbonyl (C=O) groups excluding carboxylic acids is 1. The largest absolute Gasteiger partial charge is 0.493 e. The van der Waals surface area contributed by atoms with Gasteiger partial charge in [0.1, 0.15) is 6.54 Å². The van der Waals surface area contributed by atoms with Crippen molar-refractivity contribution in [3.63, 3.8) is 0 Å². The number of ether oxygens (including phenoxy) is 2. The van der Waals surface area contributed by atoms with Crippen LogP contribution in [0.5, 0.6) is 11.5 Å². The molecule has 0 atom stereocenters. The van der Waals surface area contributed by atoms with Crippen molar-refractivity contribution in [2.75, 3.05) is 25.1 Å². The molecule has 0 radical (unpaired) electrons. The summed E-state index contributed by atoms with van der Waals surface area (Å²) in [7, 11) is -1.24. The Bertz CT molecular complexity index is 1320. The van der Waals surface area contributed by atoms with E-state index in [1.54, 1.807) is 31.2 Å². The molecule has 0 fully saturated rings. The van der Waals surface area contributed by atoms with Crippen molar-refractivity contribution in [2.24, 2.45) is 5.10 Å². The van der Waals surface area contributed by atoms with Crippen LogP contribution in [0.3, 0.4) is 0 Å². The third-order valence-corrected chi connectivity index (χ3v) is 7.65. The van der Waals surface area contributed by atoms with E-state index in [2.05, 4.69) is 33.1 Å². The summed E-state index contributed by atoms with van der Waals surface area (Å²) in [5.41, 5.74) is 5.21. The molecule has 0 bridgehead atoms. The Labute approximate surface area is 219 Å². The molecule has 0 aliphatic rings. The van der Waals surface area contributed by atoms with Crippen LogP contribution in [0.25, 0.3) is 0 Å². The lowest BCUT2D eigenvalue weighted by atomic mass is 10.1. The van der Waals surface area contributed by atoms with Crippen LogP contribution in [-0.2, 0) is 14.8 Å². The number of nitrogens with zero attached hydrogens (tertiary/aromatic N) is 2. The van der Waals surface area contributed by atoms with E-state index in [-0.39, 0.29) is 10.6 Å². The summed E-state index contributed by atoms with van der Waals surface area (Å²) in [6.07, 6.45) is 0. The molecule has 1 amide bonds. The number of amides is 1. The van der Waals surface area contributed by atoms with Gasteiger partial charge in [-0.1, -0.05) is 29.8 Å². The molecule has 0 saturated heterocycles. The lowest BCUT2D eigenvalue weighted by Crippen LogP contribution is -2.39. The highest BCUT2D eigenvalue weighted by molar-refractivity contribution is 14.1. The summed E-state index contributed by atoms with van der Waals surface area (Å²) in [5, 5.41) is 4.15. The first-order valence-corrected chi connectivity index (χ1v) is 13.1. The van der Waals surface area contributed by atoms with Crippen molar-refractivity contribution in [1.29, 1.82) is 0 Å². The van der Waals surface area contributed by atoms with Gasteiger partial charge in [-0.05, 0) is 78.4 Å². The standard InChI is InChI=1S/C25H26IN3O5S/c1-17-5-11-21(12-6-17)29(35(31,32)22-13-14-23(33-3)24(15-22)34-4)16-25(30)28-27-18(2)19-7-9-20(26)10-8-19/h5-15H,16H2,1-4H3,(H,28,30)/b27-18-. The van der Waals surface area contributed by atoms with Gasteiger partial charge in [-0.25, -0.2) is 13.8 Å². The van der Waals surface area contributed by atoms with Crippen molar-refractivity contribution in [3.8, 4) is 11.5 Å². The second-order valence-corrected chi connectivity index (χ2v) is 10.7. The number of hydrogen-bond donors (Lipinski definition) is 1. The lowest BCUT2D eigenvalue weighted by Gasteiger charge is -2.24. The quantitative estimate of drug-likeness (QED) is 0.222. The molecule has 3 aromatic carbocycles. The van der Waals surface area contributed by atoms with Crippen LogP contribution < -0.4 is 19.2 Å². The minimum absolute atomic E-state index is 0.0397. The molecule has 0 unspecified atom stereocenters. The molecule has 0 spiro atoms. The van der Waals surface area contributed by atoms with E-state index in [9.17, 15) is 13.2 Å². The van der Waals surface area contributed by atoms with Crippen LogP contribution in [0.1, 0.15) is 18.1 Å². The first kappa shape index (κ1) is 26.5. The third kappa shape index (κ3) is 6.51. The smallest absolute Gasteiger partial charge is 0.264 e. The molecule has 0 saturated carbocycles. The van der Waals surface area contributed by atoms with E-state index in [1.165, 1.54) is 32.4 Å². The van der Waals surface area contributed by atoms with Gasteiger partial charge in [-0.2, -0.15) is 5.10 Å². The van der Waals surface area contributed by atoms with Crippen LogP contribution in [-0.4, -0.2) is 40.8 Å². The van der Waals surface area contributed by atoms with Crippen molar-refractivity contribution < 1.29 is 22.7 Å². The average molecular weight is 607 g/mol. The summed E-state index contributed by atoms with van der Waals surface area (Å²) in [4.78, 5) is 12.8. The van der Waals surface area contributed by atoms with Crippen LogP contribution in [0, 0.1) is 10.5 Å². The van der Waals surface area contributed by atoms with Gasteiger partial charge < -0.3 is 9.47 Å². The zero-order valence-corrected chi connectivity index (χ0v) is 22.8. The van der Waals surface area contributed by atoms with Gasteiger partial charge in [-0.3, -0.25) is 9.10 Å². The number of carbonyl (C=O) groups is 1. The first-order valence-electron chi connectivity index (χ1n) is 10.6. The predicted molar refractivity (Wildman–Crippen MR) is 145 cm³/mol. The second kappa shape index (κ2) is 11.5. The maximum Gasteiger partial charge on any atom is 0.264 e. The monoisotopic (exact) mass is 607 g/mol. The number of anilines is 1. The summed E-state index contributed by atoms with van der Waals surface area (Å²) in [6, 6.07) is 18.8. The molecule has 3 aromatic rings. The van der Waals surface area contributed by atoms with Gasteiger partial charge in [0, 0.05) is 9.64 Å². The lowest BCUT2D eigenvalue weighted by molar-refractivity contribution is -0.119. The Hall–Kier alpha value is -3.12. The minimum Gasteiger partial charge on any atom is -0.493 e. The summed E-state index contributed by atoms with van der Waals surface area (Å²) >= 11 is 2.21. The molecule has 0 heterocycles. The number of hydrazone groups is 1. The molecule has 0 aromatic heterocycles. The summed E-state index contributed by atoms with van der Waals surface area (Å²) in [5.74, 6) is 0.0746. The number of benzene rings is 3. The van der Waals surface area contributed by atoms with E-state index < -0.39 is 22.5 Å². The van der Waals surface area contributed by atoms with Crippen LogP contribution in [0.2, 0.25) is 0 Å². The van der Waals surface area contributed by atoms with Gasteiger partial charge in [0.25, 0.3) is 15.9 Å². The highest BCUT2D eigenvalue weighted by Crippen LogP contribution is 2.32. The van der Waals surface area contributed by atoms with Crippen LogP contribution >= 0.6 is 22.6 Å². The molecule has 184 valence electrons. The van der Waals surface area contributed by atoms with Crippen LogP contribution in [0.15, 0.2) is 76.7 Å². The SMILES string of the molecule is COc1ccc(S(=O)(=O)N(CC(=O)N/N=C(/C)c2ccc(I)cc2)c2ccc(C)cc2)cc1OC. The molecular formula is C25H26IN3O5S. The van der Waals surface area contributed by atoms with Crippen LogP contribution in [0.4, 0.5) is 5.69 Å². The van der Waals surface area contributed by atoms with E-state index >= 15 is 0 Å². The van der Waals surface area contributed by atoms with E-state index in [0.29, 0.717) is 17.1 Å². The van der Waals surface area contributed by atoms with Crippen molar-refractivity contribution in [3.05, 3.63) is 81.4 Å². The third-order valence-electron chi connectivity index (χ3n) is 5.16. The fraction of sp³-hybridized carbons (Fsp3) is 0.200. The van der Waals surface area contributed by atoms with E-state index in [4.69, 9.17) is 9.47 Å². The fourth-order valence-corrected chi connectivity index (χ4v) is 4.99. The molecule has 8 nitrogen and oxygen atoms in total. The molecule has 0 aliphatic carbocycles. The maximum absolute atomic E-state index is 13.6. The minimum atomic E-state index is -4.13. The number of aryl methyl sites for hydroxylation is 1. The zero-order valence-electron chi connectivity index (χ0n) is 19.8. The molecule has 10 heteroatoms. The van der Waals surface area contributed by atoms with Crippen molar-refractivity contribution in [1.82, 2.24) is 5.43 Å². The Morgan fingerprint density at radius 3 is 2.20 bits per heavy atom. The van der Waals surface area contributed by atoms with Gasteiger partial charge in [0.15, 0.2) is 11.5 Å². The highest BCUT2D eigenvalue weighted by Gasteiger charge is 2.28. The maximum atomic E-state index is 13.6. The topological polar surface area (TPSA) is 97.3 Å². The Balaban J connectivity index is 1.91. The van der Waals surface area contributed by atoms with Crippen molar-refractivity contribution >= 4 is 49.9 Å².